The Morgan fingerprint density at radius 3 is 2.76 bits per heavy atom. The van der Waals surface area contributed by atoms with Gasteiger partial charge >= 0.3 is 12.4 Å². The number of nitrogens with one attached hydrogen (secondary N) is 1. The van der Waals surface area contributed by atoms with E-state index in [0.29, 0.717) is 22.4 Å². The number of aromatic hydroxyl groups is 1. The second-order valence-corrected chi connectivity index (χ2v) is 13.8. The molecule has 1 aliphatic rings. The van der Waals surface area contributed by atoms with Crippen molar-refractivity contribution in [3.63, 3.8) is 0 Å². The van der Waals surface area contributed by atoms with Crippen molar-refractivity contribution in [1.82, 2.24) is 34.1 Å². The molecule has 5 heterocycles. The van der Waals surface area contributed by atoms with E-state index in [1.54, 1.807) is 11.5 Å². The minimum atomic E-state index is -4.05. The first-order chi connectivity index (χ1) is 23.9. The Morgan fingerprint density at radius 2 is 2.04 bits per heavy atom. The molecule has 1 saturated heterocycles. The summed E-state index contributed by atoms with van der Waals surface area (Å²) >= 11 is 5.18. The van der Waals surface area contributed by atoms with Gasteiger partial charge in [-0.05, 0) is 18.7 Å². The van der Waals surface area contributed by atoms with E-state index in [1.807, 2.05) is 0 Å². The normalized spacial score (nSPS) is 20.4. The predicted molar refractivity (Wildman–Crippen MR) is 176 cm³/mol. The van der Waals surface area contributed by atoms with E-state index < -0.39 is 55.2 Å². The number of imidazole rings is 1. The molecule has 0 radical (unpaired) electrons. The predicted octanol–water partition coefficient (Wildman–Crippen LogP) is -0.723. The first kappa shape index (κ1) is 37.4. The van der Waals surface area contributed by atoms with Crippen LogP contribution in [0.5, 0.6) is 5.75 Å². The Kier molecular flexibility index (Phi) is 12.3. The number of hydrogen-bond acceptors (Lipinski definition) is 17. The van der Waals surface area contributed by atoms with Gasteiger partial charge in [0.15, 0.2) is 17.0 Å². The van der Waals surface area contributed by atoms with Crippen molar-refractivity contribution >= 4 is 41.7 Å². The van der Waals surface area contributed by atoms with Crippen molar-refractivity contribution in [3.05, 3.63) is 68.8 Å². The summed E-state index contributed by atoms with van der Waals surface area (Å²) in [6, 6.07) is 1.12. The molecule has 0 saturated carbocycles. The summed E-state index contributed by atoms with van der Waals surface area (Å²) in [4.78, 5) is 57.5. The van der Waals surface area contributed by atoms with Crippen molar-refractivity contribution in [1.29, 1.82) is 0 Å². The van der Waals surface area contributed by atoms with Crippen LogP contribution in [0.15, 0.2) is 45.7 Å². The van der Waals surface area contributed by atoms with Crippen LogP contribution in [0.25, 0.3) is 11.2 Å². The quantitative estimate of drug-likeness (QED) is 0.0611. The summed E-state index contributed by atoms with van der Waals surface area (Å²) in [5, 5.41) is 40.8. The molecule has 50 heavy (non-hydrogen) atoms. The lowest BCUT2D eigenvalue weighted by molar-refractivity contribution is -0.102. The van der Waals surface area contributed by atoms with Gasteiger partial charge in [0.1, 0.15) is 43.3 Å². The van der Waals surface area contributed by atoms with Crippen molar-refractivity contribution in [3.8, 4) is 5.75 Å². The van der Waals surface area contributed by atoms with Crippen LogP contribution in [0.4, 0.5) is 5.82 Å². The number of aliphatic imine (C=N–C) groups is 1. The Bertz CT molecular complexity index is 1990. The van der Waals surface area contributed by atoms with Crippen molar-refractivity contribution in [2.45, 2.75) is 57.3 Å². The molecule has 1 aliphatic heterocycles. The number of hydrogen-bond donors (Lipinski definition) is 6. The second-order valence-electron chi connectivity index (χ2n) is 11.0. The van der Waals surface area contributed by atoms with Gasteiger partial charge in [-0.1, -0.05) is 0 Å². The number of nitrogens with zero attached hydrogens (tertiary/aromatic N) is 7. The fourth-order valence-electron chi connectivity index (χ4n) is 4.97. The highest BCUT2D eigenvalue weighted by Crippen LogP contribution is 2.47. The van der Waals surface area contributed by atoms with Crippen molar-refractivity contribution < 1.29 is 48.6 Å². The van der Waals surface area contributed by atoms with Crippen molar-refractivity contribution in [2.75, 3.05) is 26.9 Å². The molecule has 6 N–H and O–H groups in total. The molecule has 22 heteroatoms. The largest absolute Gasteiger partial charge is 0.505 e. The molecule has 4 aromatic rings. The number of H-pyrrole nitrogens is 1. The molecule has 0 amide bonds. The lowest BCUT2D eigenvalue weighted by Crippen LogP contribution is -2.39. The first-order valence-corrected chi connectivity index (χ1v) is 17.5. The van der Waals surface area contributed by atoms with Crippen LogP contribution in [-0.2, 0) is 48.4 Å². The summed E-state index contributed by atoms with van der Waals surface area (Å²) in [5.74, 6) is 0.0394. The number of aromatic nitrogens is 7. The second kappa shape index (κ2) is 16.4. The third-order valence-corrected chi connectivity index (χ3v) is 9.21. The number of rotatable bonds is 16. The Labute approximate surface area is 287 Å². The van der Waals surface area contributed by atoms with Gasteiger partial charge in [-0.15, -0.1) is 0 Å². The number of pyridine rings is 1. The van der Waals surface area contributed by atoms with E-state index in [1.165, 1.54) is 38.4 Å². The van der Waals surface area contributed by atoms with E-state index in [2.05, 4.69) is 29.9 Å². The Hall–Kier alpha value is -3.86. The Balaban J connectivity index is 1.23. The standard InChI is InChI=1S/C28H35N8O12PS/c1-15-25(41)17(16(8-37)6-29-15)7-30-26-24-27(32-12-31-26)36(13-33-24)23-5-18(39)20(47-23)11-46-49(43,50)48-21(10-44-2)19(9-38)45-14-35-4-3-22(40)34-28(35)42/h3-4,6-7,12-13,18-21,23,37-39,41H,5,8-11,14H2,1-2H3,(H,43,50)(H,34,40,42)/t18-,19-,20-,21-,23-,49?/m1/s1. The average Bonchev–Trinajstić information content (AvgIpc) is 3.69. The number of aryl methyl sites for hydroxylation is 1. The third-order valence-electron chi connectivity index (χ3n) is 7.62. The summed E-state index contributed by atoms with van der Waals surface area (Å²) in [5.41, 5.74) is 0.307. The van der Waals surface area contributed by atoms with Gasteiger partial charge in [0.2, 0.25) is 0 Å². The molecule has 1 unspecified atom stereocenters. The molecule has 0 spiro atoms. The molecule has 20 nitrogen and oxygen atoms in total. The number of aliphatic hydroxyl groups is 3. The van der Waals surface area contributed by atoms with E-state index >= 15 is 0 Å². The van der Waals surface area contributed by atoms with Gasteiger partial charge < -0.3 is 48.6 Å². The molecule has 4 aromatic heterocycles. The number of fused-ring (bicyclic) bond motifs is 1. The summed E-state index contributed by atoms with van der Waals surface area (Å²) in [7, 11) is 1.35. The molecule has 6 atom stereocenters. The first-order valence-electron chi connectivity index (χ1n) is 14.9. The molecule has 0 bridgehead atoms. The highest BCUT2D eigenvalue weighted by molar-refractivity contribution is 8.07. The lowest BCUT2D eigenvalue weighted by Gasteiger charge is -2.29. The third kappa shape index (κ3) is 8.71. The van der Waals surface area contributed by atoms with Crippen LogP contribution in [0.3, 0.4) is 0 Å². The lowest BCUT2D eigenvalue weighted by atomic mass is 10.1. The minimum Gasteiger partial charge on any atom is -0.505 e. The smallest absolute Gasteiger partial charge is 0.330 e. The molecule has 0 aliphatic carbocycles. The highest BCUT2D eigenvalue weighted by Gasteiger charge is 2.38. The van der Waals surface area contributed by atoms with Crippen LogP contribution < -0.4 is 11.2 Å². The number of aliphatic hydroxyl groups excluding tert-OH is 3. The minimum absolute atomic E-state index is 0.0954. The summed E-state index contributed by atoms with van der Waals surface area (Å²) in [6.45, 7) is -4.35. The van der Waals surface area contributed by atoms with Gasteiger partial charge in [-0.2, -0.15) is 0 Å². The van der Waals surface area contributed by atoms with E-state index in [4.69, 9.17) is 35.1 Å². The van der Waals surface area contributed by atoms with Crippen LogP contribution in [0.1, 0.15) is 29.5 Å². The molecule has 0 aromatic carbocycles. The van der Waals surface area contributed by atoms with Crippen LogP contribution in [-0.4, -0.2) is 117 Å². The monoisotopic (exact) mass is 738 g/mol. The highest BCUT2D eigenvalue weighted by atomic mass is 32.5. The zero-order chi connectivity index (χ0) is 36.0. The SMILES string of the molecule is COC[C@@H](OP(O)(=S)OC[C@H]1O[C@@H](n2cnc3c(N=Cc4c(CO)cnc(C)c4O)ncnc32)C[C@H]1O)[C@@H](CO)OCn1ccc(=O)[nH]c1=O. The number of ether oxygens (including phenoxy) is 3. The van der Waals surface area contributed by atoms with Gasteiger partial charge in [0.25, 0.3) is 5.56 Å². The number of methoxy groups -OCH3 is 1. The van der Waals surface area contributed by atoms with Gasteiger partial charge in [0.05, 0.1) is 44.6 Å². The van der Waals surface area contributed by atoms with Crippen LogP contribution in [0, 0.1) is 6.92 Å². The maximum Gasteiger partial charge on any atom is 0.330 e. The fraction of sp³-hybridized carbons (Fsp3) is 0.464. The van der Waals surface area contributed by atoms with Gasteiger partial charge in [0, 0.05) is 49.3 Å². The number of aromatic amines is 1. The fourth-order valence-corrected chi connectivity index (χ4v) is 6.42. The maximum absolute atomic E-state index is 12.0. The molecule has 5 rings (SSSR count). The zero-order valence-corrected chi connectivity index (χ0v) is 28.4. The summed E-state index contributed by atoms with van der Waals surface area (Å²) < 4.78 is 30.5. The molecular weight excluding hydrogens is 703 g/mol. The van der Waals surface area contributed by atoms with Gasteiger partial charge in [-0.3, -0.25) is 23.9 Å². The maximum atomic E-state index is 12.0. The van der Waals surface area contributed by atoms with E-state index in [9.17, 15) is 34.9 Å². The van der Waals surface area contributed by atoms with Crippen LogP contribution >= 0.6 is 6.72 Å². The zero-order valence-electron chi connectivity index (χ0n) is 26.7. The van der Waals surface area contributed by atoms with E-state index in [0.717, 1.165) is 10.6 Å². The summed E-state index contributed by atoms with van der Waals surface area (Å²) in [6.07, 6.45) is 1.75. The van der Waals surface area contributed by atoms with E-state index in [-0.39, 0.29) is 50.1 Å². The average molecular weight is 739 g/mol. The molecule has 270 valence electrons. The van der Waals surface area contributed by atoms with Crippen molar-refractivity contribution in [2.24, 2.45) is 4.99 Å². The van der Waals surface area contributed by atoms with Crippen LogP contribution in [0.2, 0.25) is 0 Å². The Morgan fingerprint density at radius 1 is 1.24 bits per heavy atom. The topological polar surface area (TPSA) is 271 Å². The molecule has 1 fully saturated rings. The van der Waals surface area contributed by atoms with Gasteiger partial charge in [-0.25, -0.2) is 24.7 Å². The molecular formula is C28H35N8O12PS.